The van der Waals surface area contributed by atoms with Crippen molar-refractivity contribution in [3.63, 3.8) is 0 Å². The molecular formula is C76H112N8. The maximum Gasteiger partial charge on any atom is 0.0990 e. The average molecular weight is 1140 g/mol. The highest BCUT2D eigenvalue weighted by molar-refractivity contribution is 5.77. The van der Waals surface area contributed by atoms with E-state index in [1.54, 1.807) is 0 Å². The number of aryl methyl sites for hydroxylation is 12. The molecular weight excluding hydrogens is 1020 g/mol. The molecule has 0 amide bonds. The van der Waals surface area contributed by atoms with Crippen LogP contribution in [0.2, 0.25) is 0 Å². The molecule has 0 saturated heterocycles. The van der Waals surface area contributed by atoms with Gasteiger partial charge in [0.15, 0.2) is 0 Å². The van der Waals surface area contributed by atoms with Crippen LogP contribution in [-0.2, 0) is 19.3 Å². The van der Waals surface area contributed by atoms with E-state index in [9.17, 15) is 0 Å². The molecule has 3 aliphatic rings. The van der Waals surface area contributed by atoms with Gasteiger partial charge in [-0.1, -0.05) is 106 Å². The van der Waals surface area contributed by atoms with Crippen LogP contribution >= 0.6 is 0 Å². The van der Waals surface area contributed by atoms with Crippen molar-refractivity contribution in [1.82, 2.24) is 38.4 Å². The van der Waals surface area contributed by atoms with Crippen LogP contribution in [0.25, 0.3) is 33.3 Å². The normalized spacial score (nSPS) is 11.6. The lowest BCUT2D eigenvalue weighted by atomic mass is 10.0. The summed E-state index contributed by atoms with van der Waals surface area (Å²) in [5.74, 6) is 0. The zero-order chi connectivity index (χ0) is 64.3. The Kier molecular flexibility index (Phi) is 33.1. The number of nitrogens with zero attached hydrogens (tertiary/aromatic N) is 8. The number of fused-ring (bicyclic) bond motifs is 6. The van der Waals surface area contributed by atoms with E-state index in [0.717, 1.165) is 19.3 Å². The molecule has 3 aliphatic carbocycles. The van der Waals surface area contributed by atoms with Crippen LogP contribution < -0.4 is 0 Å². The molecule has 0 N–H and O–H groups in total. The molecule has 0 unspecified atom stereocenters. The fourth-order valence-electron chi connectivity index (χ4n) is 10.6. The summed E-state index contributed by atoms with van der Waals surface area (Å²) in [5.41, 5.74) is 36.7. The topological polar surface area (TPSA) is 77.7 Å². The summed E-state index contributed by atoms with van der Waals surface area (Å²) < 4.78 is 6.22. The summed E-state index contributed by atoms with van der Waals surface area (Å²) in [6.45, 7) is 62.8. The van der Waals surface area contributed by atoms with Crippen LogP contribution in [0.4, 0.5) is 0 Å². The highest BCUT2D eigenvalue weighted by atomic mass is 15.2. The lowest BCUT2D eigenvalue weighted by Gasteiger charge is -2.03. The van der Waals surface area contributed by atoms with Crippen LogP contribution in [0.15, 0.2) is 115 Å². The average Bonchev–Trinajstić information content (AvgIpc) is 4.39. The maximum atomic E-state index is 4.38. The minimum atomic E-state index is 1.04. The molecule has 0 fully saturated rings. The van der Waals surface area contributed by atoms with Gasteiger partial charge >= 0.3 is 0 Å². The van der Waals surface area contributed by atoms with E-state index in [1.807, 2.05) is 137 Å². The van der Waals surface area contributed by atoms with Crippen LogP contribution in [0.3, 0.4) is 0 Å². The van der Waals surface area contributed by atoms with Gasteiger partial charge in [0.25, 0.3) is 0 Å². The molecule has 0 bridgehead atoms. The van der Waals surface area contributed by atoms with Gasteiger partial charge in [0.2, 0.25) is 0 Å². The van der Waals surface area contributed by atoms with Crippen LogP contribution in [0, 0.1) is 83.1 Å². The molecule has 0 radical (unpaired) electrons. The lowest BCUT2D eigenvalue weighted by Crippen LogP contribution is -1.91. The maximum absolute atomic E-state index is 4.38. The Bertz CT molecular complexity index is 3210. The number of hydrogen-bond acceptors (Lipinski definition) is 5. The molecule has 9 aromatic rings. The van der Waals surface area contributed by atoms with Crippen molar-refractivity contribution in [1.29, 1.82) is 0 Å². The fraction of sp³-hybridized carbons (Fsp3) is 0.434. The van der Waals surface area contributed by atoms with E-state index >= 15 is 0 Å². The Balaban J connectivity index is 0.000000486. The Morgan fingerprint density at radius 1 is 0.357 bits per heavy atom. The Labute approximate surface area is 511 Å². The summed E-state index contributed by atoms with van der Waals surface area (Å²) in [6, 6.07) is 10.5. The van der Waals surface area contributed by atoms with Gasteiger partial charge in [0.1, 0.15) is 0 Å². The van der Waals surface area contributed by atoms with Crippen LogP contribution in [0.1, 0.15) is 225 Å². The predicted octanol–water partition coefficient (Wildman–Crippen LogP) is 21.8. The number of rotatable bonds is 0. The highest BCUT2D eigenvalue weighted by Gasteiger charge is 2.19. The number of hydrogen-bond donors (Lipinski definition) is 0. The molecule has 12 rings (SSSR count). The van der Waals surface area contributed by atoms with Crippen molar-refractivity contribution in [2.24, 2.45) is 0 Å². The fourth-order valence-corrected chi connectivity index (χ4v) is 10.6. The first-order valence-electron chi connectivity index (χ1n) is 31.3. The SMILES string of the molecule is CC.CC.CC.CC.CC.CC.CC1=C(C)c2c(C)ccnc2C1.CC1=C(C)c2c(C)cncc2C1.CC1=C(C)c2c(ccnc2C)C1.Cc1cn2cccc(C)c2c1C.Cc1cn2cncc(C)c2c1C.Cc1cn2nccc(C)c2c1C. The largest absolute Gasteiger partial charge is 0.323 e. The van der Waals surface area contributed by atoms with E-state index in [-0.39, 0.29) is 0 Å². The molecule has 9 aromatic heterocycles. The van der Waals surface area contributed by atoms with Gasteiger partial charge in [-0.25, -0.2) is 9.50 Å². The first-order valence-corrected chi connectivity index (χ1v) is 31.3. The van der Waals surface area contributed by atoms with E-state index in [4.69, 9.17) is 0 Å². The zero-order valence-electron chi connectivity index (χ0n) is 58.4. The second-order valence-corrected chi connectivity index (χ2v) is 20.5. The van der Waals surface area contributed by atoms with Crippen molar-refractivity contribution >= 4 is 33.3 Å². The third-order valence-corrected chi connectivity index (χ3v) is 15.3. The van der Waals surface area contributed by atoms with Crippen molar-refractivity contribution < 1.29 is 0 Å². The standard InChI is InChI=1S/4C11H13N.2C10H12N2.6C2H6/c1-7-4-10-6-12-5-8(2)11(10)9(7)3;1-7-6-10-4-5-12-9(3)11(10)8(7)2;1-7-4-5-12-10-6-8(2)9(3)11(7)10;1-8-5-4-6-12-7-9(2)10(3)11(8)12;1-7-4-11-6-12-5-8(2)9(3)10(7)12;1-7-4-5-11-12-6-8(2)9(3)10(7)12;6*1-2/h5-6H,4H2,1-3H3;2*4-5H,6H2,1-3H3;4-7H,1-3H3;2*4-6H,1-3H3;6*1-2H3. The summed E-state index contributed by atoms with van der Waals surface area (Å²) in [7, 11) is 0. The van der Waals surface area contributed by atoms with Crippen molar-refractivity contribution in [3.05, 3.63) is 216 Å². The predicted molar refractivity (Wildman–Crippen MR) is 371 cm³/mol. The molecule has 8 nitrogen and oxygen atoms in total. The van der Waals surface area contributed by atoms with Crippen LogP contribution in [-0.4, -0.2) is 38.4 Å². The summed E-state index contributed by atoms with van der Waals surface area (Å²) in [4.78, 5) is 17.0. The summed E-state index contributed by atoms with van der Waals surface area (Å²) in [5, 5.41) is 4.24. The minimum Gasteiger partial charge on any atom is -0.323 e. The highest BCUT2D eigenvalue weighted by Crippen LogP contribution is 2.35. The first-order chi connectivity index (χ1) is 40.2. The second kappa shape index (κ2) is 37.2. The molecule has 456 valence electrons. The Hall–Kier alpha value is -7.19. The van der Waals surface area contributed by atoms with Gasteiger partial charge in [0, 0.05) is 85.2 Å². The van der Waals surface area contributed by atoms with Crippen molar-refractivity contribution in [2.45, 2.75) is 227 Å². The zero-order valence-corrected chi connectivity index (χ0v) is 58.4. The van der Waals surface area contributed by atoms with Gasteiger partial charge in [-0.05, 0) is 256 Å². The second-order valence-electron chi connectivity index (χ2n) is 20.5. The molecule has 0 saturated carbocycles. The summed E-state index contributed by atoms with van der Waals surface area (Å²) >= 11 is 0. The monoisotopic (exact) mass is 1140 g/mol. The van der Waals surface area contributed by atoms with E-state index in [1.165, 1.54) is 150 Å². The Morgan fingerprint density at radius 3 is 1.36 bits per heavy atom. The molecule has 0 atom stereocenters. The minimum absolute atomic E-state index is 1.04. The summed E-state index contributed by atoms with van der Waals surface area (Å²) in [6.07, 6.45) is 25.0. The quantitative estimate of drug-likeness (QED) is 0.151. The van der Waals surface area contributed by atoms with Gasteiger partial charge in [0.05, 0.1) is 28.6 Å². The van der Waals surface area contributed by atoms with E-state index < -0.39 is 0 Å². The molecule has 0 spiro atoms. The molecule has 0 aliphatic heterocycles. The van der Waals surface area contributed by atoms with Crippen molar-refractivity contribution in [2.75, 3.05) is 0 Å². The lowest BCUT2D eigenvalue weighted by molar-refractivity contribution is 0.930. The molecule has 0 aromatic carbocycles. The first kappa shape index (κ1) is 74.8. The third-order valence-electron chi connectivity index (χ3n) is 15.3. The molecule has 8 heteroatoms. The van der Waals surface area contributed by atoms with Gasteiger partial charge < -0.3 is 8.80 Å². The Morgan fingerprint density at radius 2 is 0.821 bits per heavy atom. The number of aromatic nitrogens is 8. The van der Waals surface area contributed by atoms with Gasteiger partial charge in [-0.3, -0.25) is 15.0 Å². The van der Waals surface area contributed by atoms with Gasteiger partial charge in [-0.2, -0.15) is 5.10 Å². The van der Waals surface area contributed by atoms with Crippen molar-refractivity contribution in [3.8, 4) is 0 Å². The molecule has 84 heavy (non-hydrogen) atoms. The third kappa shape index (κ3) is 18.4. The van der Waals surface area contributed by atoms with Crippen LogP contribution in [0.5, 0.6) is 0 Å². The number of allylic oxidation sites excluding steroid dienone is 6. The smallest absolute Gasteiger partial charge is 0.0990 e. The van der Waals surface area contributed by atoms with E-state index in [0.29, 0.717) is 0 Å². The van der Waals surface area contributed by atoms with E-state index in [2.05, 4.69) is 208 Å². The molecule has 9 heterocycles. The number of pyridine rings is 4. The van der Waals surface area contributed by atoms with Gasteiger partial charge in [-0.15, -0.1) is 0 Å².